The van der Waals surface area contributed by atoms with Crippen molar-refractivity contribution < 1.29 is 22.7 Å². The van der Waals surface area contributed by atoms with E-state index >= 15 is 0 Å². The van der Waals surface area contributed by atoms with E-state index in [1.165, 1.54) is 24.3 Å². The zero-order chi connectivity index (χ0) is 14.3. The van der Waals surface area contributed by atoms with Crippen LogP contribution in [-0.2, 0) is 10.0 Å². The second-order valence-corrected chi connectivity index (χ2v) is 6.06. The maximum Gasteiger partial charge on any atom is 0.208 e. The van der Waals surface area contributed by atoms with Crippen LogP contribution < -0.4 is 9.46 Å². The van der Waals surface area contributed by atoms with E-state index in [1.807, 2.05) is 0 Å². The quantitative estimate of drug-likeness (QED) is 0.698. The molecule has 1 atom stereocenters. The Bertz CT molecular complexity index is 475. The van der Waals surface area contributed by atoms with Crippen LogP contribution in [0.4, 0.5) is 4.39 Å². The van der Waals surface area contributed by atoms with Crippen molar-refractivity contribution in [2.24, 2.45) is 0 Å². The number of aliphatic hydroxyl groups excluding tert-OH is 1. The fourth-order valence-electron chi connectivity index (χ4n) is 1.40. The van der Waals surface area contributed by atoms with Crippen LogP contribution in [0.1, 0.15) is 12.8 Å². The lowest BCUT2D eigenvalue weighted by Crippen LogP contribution is -2.25. The second kappa shape index (κ2) is 7.42. The Morgan fingerprint density at radius 2 is 2.00 bits per heavy atom. The van der Waals surface area contributed by atoms with E-state index in [0.717, 1.165) is 6.26 Å². The largest absolute Gasteiger partial charge is 0.491 e. The molecule has 0 aliphatic carbocycles. The Labute approximate surface area is 112 Å². The number of halogens is 1. The van der Waals surface area contributed by atoms with Crippen LogP contribution in [-0.4, -0.2) is 39.0 Å². The van der Waals surface area contributed by atoms with E-state index < -0.39 is 16.1 Å². The second-order valence-electron chi connectivity index (χ2n) is 4.23. The zero-order valence-corrected chi connectivity index (χ0v) is 11.5. The molecule has 0 saturated heterocycles. The summed E-state index contributed by atoms with van der Waals surface area (Å²) in [5.41, 5.74) is 0. The molecule has 0 radical (unpaired) electrons. The summed E-state index contributed by atoms with van der Waals surface area (Å²) < 4.78 is 41.8. The van der Waals surface area contributed by atoms with Crippen molar-refractivity contribution in [1.29, 1.82) is 0 Å². The van der Waals surface area contributed by atoms with E-state index in [9.17, 15) is 17.9 Å². The lowest BCUT2D eigenvalue weighted by atomic mass is 10.2. The van der Waals surface area contributed by atoms with Crippen molar-refractivity contribution >= 4 is 10.0 Å². The highest BCUT2D eigenvalue weighted by molar-refractivity contribution is 7.88. The van der Waals surface area contributed by atoms with Gasteiger partial charge in [-0.2, -0.15) is 0 Å². The minimum Gasteiger partial charge on any atom is -0.491 e. The van der Waals surface area contributed by atoms with Crippen LogP contribution in [0.15, 0.2) is 24.3 Å². The number of sulfonamides is 1. The fraction of sp³-hybridized carbons (Fsp3) is 0.500. The number of benzene rings is 1. The highest BCUT2D eigenvalue weighted by atomic mass is 32.2. The molecule has 0 fully saturated rings. The molecule has 5 nitrogen and oxygen atoms in total. The molecule has 0 saturated carbocycles. The summed E-state index contributed by atoms with van der Waals surface area (Å²) in [4.78, 5) is 0. The van der Waals surface area contributed by atoms with Gasteiger partial charge in [-0.3, -0.25) is 0 Å². The summed E-state index contributed by atoms with van der Waals surface area (Å²) in [5, 5.41) is 9.62. The Hall–Kier alpha value is -1.18. The molecule has 1 aromatic rings. The van der Waals surface area contributed by atoms with Crippen molar-refractivity contribution in [1.82, 2.24) is 4.72 Å². The minimum atomic E-state index is -3.18. The summed E-state index contributed by atoms with van der Waals surface area (Å²) in [5.74, 6) is 0.134. The molecule has 2 N–H and O–H groups in total. The topological polar surface area (TPSA) is 75.6 Å². The van der Waals surface area contributed by atoms with Gasteiger partial charge in [0.2, 0.25) is 10.0 Å². The Morgan fingerprint density at radius 1 is 1.37 bits per heavy atom. The van der Waals surface area contributed by atoms with Crippen molar-refractivity contribution in [3.63, 3.8) is 0 Å². The molecule has 0 aliphatic rings. The van der Waals surface area contributed by atoms with Crippen LogP contribution in [0.3, 0.4) is 0 Å². The lowest BCUT2D eigenvalue weighted by molar-refractivity contribution is 0.0985. The van der Waals surface area contributed by atoms with Crippen molar-refractivity contribution in [2.75, 3.05) is 19.4 Å². The van der Waals surface area contributed by atoms with Gasteiger partial charge in [-0.05, 0) is 37.1 Å². The van der Waals surface area contributed by atoms with Gasteiger partial charge in [0.05, 0.1) is 12.4 Å². The number of nitrogens with one attached hydrogen (secondary N) is 1. The number of ether oxygens (including phenoxy) is 1. The van der Waals surface area contributed by atoms with Gasteiger partial charge >= 0.3 is 0 Å². The summed E-state index contributed by atoms with van der Waals surface area (Å²) in [6.07, 6.45) is 1.33. The molecule has 7 heteroatoms. The van der Waals surface area contributed by atoms with Gasteiger partial charge < -0.3 is 9.84 Å². The third-order valence-electron chi connectivity index (χ3n) is 2.33. The molecule has 1 aromatic carbocycles. The summed E-state index contributed by atoms with van der Waals surface area (Å²) in [7, 11) is -3.18. The fourth-order valence-corrected chi connectivity index (χ4v) is 1.92. The van der Waals surface area contributed by atoms with Gasteiger partial charge in [0, 0.05) is 6.54 Å². The normalized spacial score (nSPS) is 13.2. The van der Waals surface area contributed by atoms with Crippen LogP contribution in [0.2, 0.25) is 0 Å². The maximum atomic E-state index is 12.6. The Balaban J connectivity index is 2.17. The molecule has 1 unspecified atom stereocenters. The summed E-state index contributed by atoms with van der Waals surface area (Å²) >= 11 is 0. The Kier molecular flexibility index (Phi) is 6.20. The Morgan fingerprint density at radius 3 is 2.58 bits per heavy atom. The van der Waals surface area contributed by atoms with Crippen LogP contribution >= 0.6 is 0 Å². The monoisotopic (exact) mass is 291 g/mol. The van der Waals surface area contributed by atoms with Crippen LogP contribution in [0, 0.1) is 5.82 Å². The smallest absolute Gasteiger partial charge is 0.208 e. The molecule has 0 amide bonds. The van der Waals surface area contributed by atoms with Crippen molar-refractivity contribution in [3.05, 3.63) is 30.1 Å². The molecule has 108 valence electrons. The van der Waals surface area contributed by atoms with Gasteiger partial charge in [-0.1, -0.05) is 0 Å². The zero-order valence-electron chi connectivity index (χ0n) is 10.7. The molecular formula is C12H18FNO4S. The third kappa shape index (κ3) is 7.76. The number of aliphatic hydroxyl groups is 1. The van der Waals surface area contributed by atoms with E-state index in [2.05, 4.69) is 4.72 Å². The number of rotatable bonds is 8. The molecule has 19 heavy (non-hydrogen) atoms. The summed E-state index contributed by atoms with van der Waals surface area (Å²) in [6, 6.07) is 5.51. The predicted octanol–water partition coefficient (Wildman–Crippen LogP) is 0.895. The van der Waals surface area contributed by atoms with E-state index in [4.69, 9.17) is 4.74 Å². The molecule has 0 bridgehead atoms. The summed E-state index contributed by atoms with van der Waals surface area (Å²) in [6.45, 7) is 0.372. The SMILES string of the molecule is CS(=O)(=O)NCCCC(O)COc1ccc(F)cc1. The molecule has 0 aromatic heterocycles. The van der Waals surface area contributed by atoms with Crippen LogP contribution in [0.25, 0.3) is 0 Å². The predicted molar refractivity (Wildman–Crippen MR) is 70.0 cm³/mol. The molecule has 0 aliphatic heterocycles. The minimum absolute atomic E-state index is 0.0878. The average Bonchev–Trinajstić information content (AvgIpc) is 2.33. The third-order valence-corrected chi connectivity index (χ3v) is 3.06. The maximum absolute atomic E-state index is 12.6. The molecule has 1 rings (SSSR count). The standard InChI is InChI=1S/C12H18FNO4S/c1-19(16,17)14-8-2-3-11(15)9-18-12-6-4-10(13)5-7-12/h4-7,11,14-15H,2-3,8-9H2,1H3. The van der Waals surface area contributed by atoms with Gasteiger partial charge in [0.15, 0.2) is 0 Å². The first-order valence-electron chi connectivity index (χ1n) is 5.88. The molecular weight excluding hydrogens is 273 g/mol. The highest BCUT2D eigenvalue weighted by Gasteiger charge is 2.06. The van der Waals surface area contributed by atoms with Crippen molar-refractivity contribution in [2.45, 2.75) is 18.9 Å². The first kappa shape index (κ1) is 15.9. The first-order chi connectivity index (χ1) is 8.87. The number of hydrogen-bond acceptors (Lipinski definition) is 4. The van der Waals surface area contributed by atoms with Gasteiger partial charge in [-0.15, -0.1) is 0 Å². The molecule has 0 spiro atoms. The van der Waals surface area contributed by atoms with Gasteiger partial charge in [-0.25, -0.2) is 17.5 Å². The van der Waals surface area contributed by atoms with E-state index in [1.54, 1.807) is 0 Å². The molecule has 0 heterocycles. The van der Waals surface area contributed by atoms with E-state index in [-0.39, 0.29) is 19.0 Å². The average molecular weight is 291 g/mol. The van der Waals surface area contributed by atoms with Crippen LogP contribution in [0.5, 0.6) is 5.75 Å². The van der Waals surface area contributed by atoms with E-state index in [0.29, 0.717) is 18.6 Å². The van der Waals surface area contributed by atoms with Crippen molar-refractivity contribution in [3.8, 4) is 5.75 Å². The lowest BCUT2D eigenvalue weighted by Gasteiger charge is -2.12. The first-order valence-corrected chi connectivity index (χ1v) is 7.77. The highest BCUT2D eigenvalue weighted by Crippen LogP contribution is 2.11. The van der Waals surface area contributed by atoms with Gasteiger partial charge in [0.1, 0.15) is 18.2 Å². The van der Waals surface area contributed by atoms with Gasteiger partial charge in [0.25, 0.3) is 0 Å². The number of hydrogen-bond donors (Lipinski definition) is 2.